The van der Waals surface area contributed by atoms with Crippen LogP contribution in [0.3, 0.4) is 0 Å². The first-order chi connectivity index (χ1) is 15.4. The van der Waals surface area contributed by atoms with Gasteiger partial charge in [0.25, 0.3) is 0 Å². The van der Waals surface area contributed by atoms with Gasteiger partial charge in [0.1, 0.15) is 18.2 Å². The molecule has 2 aromatic heterocycles. The van der Waals surface area contributed by atoms with Crippen LogP contribution in [0.5, 0.6) is 6.01 Å². The number of hydrogen-bond donors (Lipinski definition) is 2. The van der Waals surface area contributed by atoms with Crippen LogP contribution in [0.25, 0.3) is 0 Å². The molecular weight excluding hydrogens is 435 g/mol. The van der Waals surface area contributed by atoms with E-state index in [1.165, 1.54) is 12.1 Å². The number of anilines is 2. The lowest BCUT2D eigenvalue weighted by Gasteiger charge is -2.17. The molecule has 3 aromatic rings. The minimum Gasteiger partial charge on any atom is -0.460 e. The maximum absolute atomic E-state index is 14.1. The number of nitrogens with one attached hydrogen (secondary N) is 1. The van der Waals surface area contributed by atoms with Crippen molar-refractivity contribution >= 4 is 22.7 Å². The molecule has 3 atom stereocenters. The Hall–Kier alpha value is -2.92. The first kappa shape index (κ1) is 21.0. The van der Waals surface area contributed by atoms with Crippen molar-refractivity contribution in [2.75, 3.05) is 5.32 Å². The fraction of sp³-hybridized carbons (Fsp3) is 0.429. The van der Waals surface area contributed by atoms with E-state index >= 15 is 0 Å². The molecule has 0 bridgehead atoms. The Bertz CT molecular complexity index is 1150. The molecule has 2 aliphatic carbocycles. The molecule has 2 aliphatic rings. The summed E-state index contributed by atoms with van der Waals surface area (Å²) in [5, 5.41) is 11.0. The Morgan fingerprint density at radius 2 is 2.06 bits per heavy atom. The second kappa shape index (κ2) is 8.21. The molecule has 0 saturated heterocycles. The van der Waals surface area contributed by atoms with Crippen molar-refractivity contribution in [3.63, 3.8) is 0 Å². The van der Waals surface area contributed by atoms with Crippen LogP contribution in [-0.2, 0) is 16.6 Å². The smallest absolute Gasteiger partial charge is 0.317 e. The zero-order valence-corrected chi connectivity index (χ0v) is 18.3. The van der Waals surface area contributed by atoms with Crippen LogP contribution in [0.15, 0.2) is 41.8 Å². The predicted octanol–water partition coefficient (Wildman–Crippen LogP) is 3.76. The lowest BCUT2D eigenvalue weighted by Crippen LogP contribution is -2.19. The highest BCUT2D eigenvalue weighted by Gasteiger charge is 2.42. The molecule has 2 fully saturated rings. The summed E-state index contributed by atoms with van der Waals surface area (Å²) >= 11 is -2.23. The molecule has 5 rings (SSSR count). The van der Waals surface area contributed by atoms with Crippen LogP contribution in [-0.4, -0.2) is 39.6 Å². The van der Waals surface area contributed by atoms with E-state index in [-0.39, 0.29) is 34.1 Å². The molecule has 2 N–H and O–H groups in total. The summed E-state index contributed by atoms with van der Waals surface area (Å²) < 4.78 is 42.4. The lowest BCUT2D eigenvalue weighted by molar-refractivity contribution is 0.175. The number of nitrogens with zero attached hydrogens (tertiary/aromatic N) is 5. The van der Waals surface area contributed by atoms with Crippen molar-refractivity contribution in [3.8, 4) is 6.01 Å². The van der Waals surface area contributed by atoms with Crippen molar-refractivity contribution in [2.45, 2.75) is 61.5 Å². The van der Waals surface area contributed by atoms with Gasteiger partial charge in [0.05, 0.1) is 10.6 Å². The average Bonchev–Trinajstić information content (AvgIpc) is 3.16. The molecule has 0 amide bonds. The Kier molecular flexibility index (Phi) is 5.38. The van der Waals surface area contributed by atoms with Crippen molar-refractivity contribution in [1.29, 1.82) is 0 Å². The summed E-state index contributed by atoms with van der Waals surface area (Å²) in [6, 6.07) is 4.36. The summed E-state index contributed by atoms with van der Waals surface area (Å²) in [6.45, 7) is 2.18. The summed E-state index contributed by atoms with van der Waals surface area (Å²) in [6.07, 6.45) is 10.2. The second-order valence-electron chi connectivity index (χ2n) is 8.59. The zero-order valence-electron chi connectivity index (χ0n) is 17.4. The van der Waals surface area contributed by atoms with Gasteiger partial charge in [0.15, 0.2) is 11.1 Å². The molecule has 168 valence electrons. The summed E-state index contributed by atoms with van der Waals surface area (Å²) in [4.78, 5) is 8.61. The third-order valence-corrected chi connectivity index (χ3v) is 6.92. The average molecular weight is 459 g/mol. The van der Waals surface area contributed by atoms with Gasteiger partial charge in [-0.15, -0.1) is 5.10 Å². The van der Waals surface area contributed by atoms with E-state index in [0.29, 0.717) is 6.01 Å². The highest BCUT2D eigenvalue weighted by atomic mass is 32.2. The van der Waals surface area contributed by atoms with E-state index in [2.05, 4.69) is 32.4 Å². The first-order valence-corrected chi connectivity index (χ1v) is 11.6. The zero-order chi connectivity index (χ0) is 22.3. The second-order valence-corrected chi connectivity index (χ2v) is 9.56. The van der Waals surface area contributed by atoms with Crippen LogP contribution in [0.2, 0.25) is 0 Å². The third-order valence-electron chi connectivity index (χ3n) is 6.26. The van der Waals surface area contributed by atoms with Crippen molar-refractivity contribution in [3.05, 3.63) is 48.3 Å². The van der Waals surface area contributed by atoms with Crippen LogP contribution in [0.4, 0.5) is 16.0 Å². The molecule has 2 heterocycles. The minimum absolute atomic E-state index is 0.00758. The molecule has 1 unspecified atom stereocenters. The van der Waals surface area contributed by atoms with E-state index in [1.54, 1.807) is 18.7 Å². The lowest BCUT2D eigenvalue weighted by atomic mass is 10.0. The Labute approximate surface area is 186 Å². The van der Waals surface area contributed by atoms with Gasteiger partial charge < -0.3 is 14.6 Å². The Morgan fingerprint density at radius 3 is 2.75 bits per heavy atom. The maximum atomic E-state index is 14.1. The standard InChI is InChI=1S/C21H23FN6O3S/c1-21(6-7-21)28-12-25-27-20(28)31-15-3-2-13(8-15)14-10-23-19(24-11-14)26-18-5-4-16(32(29)30)9-17(18)22/h4-5,9-13,15H,2-3,6-8H2,1H3,(H,29,30)(H,23,24,26)/t13-,15+/m1/s1. The molecule has 32 heavy (non-hydrogen) atoms. The summed E-state index contributed by atoms with van der Waals surface area (Å²) in [5.74, 6) is -0.124. The normalized spacial score (nSPS) is 22.5. The van der Waals surface area contributed by atoms with Gasteiger partial charge in [-0.05, 0) is 68.7 Å². The van der Waals surface area contributed by atoms with Crippen LogP contribution in [0.1, 0.15) is 50.5 Å². The molecule has 9 nitrogen and oxygen atoms in total. The number of aromatic nitrogens is 5. The van der Waals surface area contributed by atoms with Gasteiger partial charge >= 0.3 is 6.01 Å². The molecule has 0 aliphatic heterocycles. The van der Waals surface area contributed by atoms with Gasteiger partial charge in [-0.1, -0.05) is 5.10 Å². The number of rotatable bonds is 7. The van der Waals surface area contributed by atoms with Crippen LogP contribution >= 0.6 is 0 Å². The van der Waals surface area contributed by atoms with Crippen molar-refractivity contribution in [1.82, 2.24) is 24.7 Å². The van der Waals surface area contributed by atoms with Crippen LogP contribution < -0.4 is 10.1 Å². The molecule has 11 heteroatoms. The van der Waals surface area contributed by atoms with E-state index < -0.39 is 16.9 Å². The number of benzene rings is 1. The van der Waals surface area contributed by atoms with E-state index in [9.17, 15) is 8.60 Å². The van der Waals surface area contributed by atoms with Gasteiger partial charge in [-0.25, -0.2) is 18.6 Å². The number of hydrogen-bond acceptors (Lipinski definition) is 7. The molecule has 2 saturated carbocycles. The predicted molar refractivity (Wildman–Crippen MR) is 115 cm³/mol. The third kappa shape index (κ3) is 4.22. The van der Waals surface area contributed by atoms with E-state index in [0.717, 1.165) is 43.7 Å². The van der Waals surface area contributed by atoms with Gasteiger partial charge in [-0.3, -0.25) is 4.57 Å². The first-order valence-electron chi connectivity index (χ1n) is 10.5. The topological polar surface area (TPSA) is 115 Å². The van der Waals surface area contributed by atoms with Gasteiger partial charge in [0, 0.05) is 17.9 Å². The maximum Gasteiger partial charge on any atom is 0.317 e. The highest BCUT2D eigenvalue weighted by Crippen LogP contribution is 2.45. The minimum atomic E-state index is -2.23. The van der Waals surface area contributed by atoms with E-state index in [1.807, 2.05) is 4.57 Å². The highest BCUT2D eigenvalue weighted by molar-refractivity contribution is 7.79. The number of halogens is 1. The van der Waals surface area contributed by atoms with E-state index in [4.69, 9.17) is 9.29 Å². The fourth-order valence-corrected chi connectivity index (χ4v) is 4.42. The Morgan fingerprint density at radius 1 is 1.28 bits per heavy atom. The SMILES string of the molecule is CC1(n2cnnc2O[C@H]2CC[C@@H](c3cnc(Nc4ccc(S(=O)O)cc4F)nc3)C2)CC1. The molecular formula is C21H23FN6O3S. The monoisotopic (exact) mass is 458 g/mol. The molecule has 1 aromatic carbocycles. The van der Waals surface area contributed by atoms with Crippen molar-refractivity contribution in [2.24, 2.45) is 0 Å². The fourth-order valence-electron chi connectivity index (χ4n) is 4.04. The summed E-state index contributed by atoms with van der Waals surface area (Å²) in [7, 11) is 0. The Balaban J connectivity index is 1.21. The molecule has 0 spiro atoms. The van der Waals surface area contributed by atoms with Gasteiger partial charge in [-0.2, -0.15) is 0 Å². The van der Waals surface area contributed by atoms with Crippen LogP contribution in [0, 0.1) is 5.82 Å². The van der Waals surface area contributed by atoms with Gasteiger partial charge in [0.2, 0.25) is 5.95 Å². The quantitative estimate of drug-likeness (QED) is 0.515. The molecule has 0 radical (unpaired) electrons. The summed E-state index contributed by atoms with van der Waals surface area (Å²) in [5.41, 5.74) is 1.22. The number of ether oxygens (including phenoxy) is 1. The largest absolute Gasteiger partial charge is 0.460 e. The van der Waals surface area contributed by atoms with Crippen molar-refractivity contribution < 1.29 is 17.9 Å².